The fourth-order valence-electron chi connectivity index (χ4n) is 3.01. The number of amides is 1. The Morgan fingerprint density at radius 1 is 1.04 bits per heavy atom. The fourth-order valence-corrected chi connectivity index (χ4v) is 3.01. The van der Waals surface area contributed by atoms with E-state index in [1.54, 1.807) is 16.7 Å². The summed E-state index contributed by atoms with van der Waals surface area (Å²) in [6.07, 6.45) is 0.0179. The molecular formula is C19H18N2O3. The molecule has 0 aliphatic carbocycles. The molecule has 2 N–H and O–H groups in total. The molecule has 0 bridgehead atoms. The van der Waals surface area contributed by atoms with Gasteiger partial charge >= 0.3 is 5.97 Å². The van der Waals surface area contributed by atoms with Crippen LogP contribution in [0.15, 0.2) is 54.6 Å². The van der Waals surface area contributed by atoms with Gasteiger partial charge in [0.25, 0.3) is 0 Å². The third-order valence-electron chi connectivity index (χ3n) is 3.99. The first-order valence-electron chi connectivity index (χ1n) is 7.80. The van der Waals surface area contributed by atoms with Crippen molar-refractivity contribution in [3.63, 3.8) is 0 Å². The van der Waals surface area contributed by atoms with E-state index in [1.807, 2.05) is 49.4 Å². The number of carbonyl (C=O) groups is 2. The molecule has 0 saturated heterocycles. The summed E-state index contributed by atoms with van der Waals surface area (Å²) in [7, 11) is 0. The van der Waals surface area contributed by atoms with E-state index in [0.717, 1.165) is 10.9 Å². The molecule has 2 aromatic carbocycles. The molecule has 0 radical (unpaired) electrons. The molecule has 1 amide bonds. The smallest absolute Gasteiger partial charge is 0.352 e. The van der Waals surface area contributed by atoms with E-state index in [2.05, 4.69) is 5.32 Å². The first kappa shape index (κ1) is 15.8. The second-order valence-corrected chi connectivity index (χ2v) is 5.48. The molecule has 122 valence electrons. The average Bonchev–Trinajstić information content (AvgIpc) is 2.89. The van der Waals surface area contributed by atoms with E-state index >= 15 is 0 Å². The van der Waals surface area contributed by atoms with Gasteiger partial charge in [-0.25, -0.2) is 4.79 Å². The predicted octanol–water partition coefficient (Wildman–Crippen LogP) is 3.54. The Morgan fingerprint density at radius 3 is 2.38 bits per heavy atom. The van der Waals surface area contributed by atoms with E-state index in [4.69, 9.17) is 0 Å². The standard InChI is InChI=1S/C19H18N2O3/c1-2-21-16-11-7-6-10-14(16)15(18(21)19(23)24)12-17(22)20-13-8-4-3-5-9-13/h3-11H,2,12H2,1H3,(H,20,22)(H,23,24). The van der Waals surface area contributed by atoms with Crippen molar-refractivity contribution >= 4 is 28.5 Å². The van der Waals surface area contributed by atoms with Gasteiger partial charge in [-0.05, 0) is 25.1 Å². The molecule has 0 aliphatic rings. The molecule has 3 aromatic rings. The van der Waals surface area contributed by atoms with Crippen LogP contribution in [0, 0.1) is 0 Å². The second-order valence-electron chi connectivity index (χ2n) is 5.48. The average molecular weight is 322 g/mol. The van der Waals surface area contributed by atoms with E-state index in [-0.39, 0.29) is 18.0 Å². The maximum atomic E-state index is 12.4. The van der Waals surface area contributed by atoms with Crippen molar-refractivity contribution in [1.82, 2.24) is 4.57 Å². The van der Waals surface area contributed by atoms with Gasteiger partial charge in [0, 0.05) is 28.7 Å². The number of fused-ring (bicyclic) bond motifs is 1. The normalized spacial score (nSPS) is 10.7. The van der Waals surface area contributed by atoms with Gasteiger partial charge in [0.15, 0.2) is 0 Å². The number of aryl methyl sites for hydroxylation is 1. The number of benzene rings is 2. The Balaban J connectivity index is 2.00. The van der Waals surface area contributed by atoms with Gasteiger partial charge in [-0.3, -0.25) is 4.79 Å². The molecule has 0 saturated carbocycles. The number of nitrogens with zero attached hydrogens (tertiary/aromatic N) is 1. The number of hydrogen-bond acceptors (Lipinski definition) is 2. The number of hydrogen-bond donors (Lipinski definition) is 2. The van der Waals surface area contributed by atoms with Crippen molar-refractivity contribution in [2.24, 2.45) is 0 Å². The van der Waals surface area contributed by atoms with Crippen molar-refractivity contribution in [3.8, 4) is 0 Å². The van der Waals surface area contributed by atoms with Crippen LogP contribution in [0.3, 0.4) is 0 Å². The fraction of sp³-hybridized carbons (Fsp3) is 0.158. The number of carboxylic acid groups (broad SMARTS) is 1. The third-order valence-corrected chi connectivity index (χ3v) is 3.99. The molecule has 0 unspecified atom stereocenters. The minimum absolute atomic E-state index is 0.0179. The molecule has 0 aliphatic heterocycles. The molecule has 0 fully saturated rings. The highest BCUT2D eigenvalue weighted by Crippen LogP contribution is 2.27. The summed E-state index contributed by atoms with van der Waals surface area (Å²) in [4.78, 5) is 24.1. The first-order chi connectivity index (χ1) is 11.6. The molecule has 1 aromatic heterocycles. The summed E-state index contributed by atoms with van der Waals surface area (Å²) in [6, 6.07) is 16.6. The van der Waals surface area contributed by atoms with Crippen LogP contribution in [-0.4, -0.2) is 21.6 Å². The quantitative estimate of drug-likeness (QED) is 0.755. The highest BCUT2D eigenvalue weighted by Gasteiger charge is 2.23. The van der Waals surface area contributed by atoms with Crippen LogP contribution in [0.4, 0.5) is 5.69 Å². The molecule has 3 rings (SSSR count). The second kappa shape index (κ2) is 6.58. The number of anilines is 1. The zero-order valence-corrected chi connectivity index (χ0v) is 13.3. The number of nitrogens with one attached hydrogen (secondary N) is 1. The number of rotatable bonds is 5. The van der Waals surface area contributed by atoms with Crippen molar-refractivity contribution in [1.29, 1.82) is 0 Å². The number of carbonyl (C=O) groups excluding carboxylic acids is 1. The lowest BCUT2D eigenvalue weighted by molar-refractivity contribution is -0.115. The SMILES string of the molecule is CCn1c(C(=O)O)c(CC(=O)Nc2ccccc2)c2ccccc21. The van der Waals surface area contributed by atoms with Gasteiger partial charge in [-0.2, -0.15) is 0 Å². The van der Waals surface area contributed by atoms with Crippen molar-refractivity contribution in [3.05, 3.63) is 65.9 Å². The Labute approximate surface area is 139 Å². The lowest BCUT2D eigenvalue weighted by Crippen LogP contribution is -2.17. The Bertz CT molecular complexity index is 898. The highest BCUT2D eigenvalue weighted by atomic mass is 16.4. The van der Waals surface area contributed by atoms with Gasteiger partial charge in [-0.1, -0.05) is 36.4 Å². The molecule has 5 heteroatoms. The van der Waals surface area contributed by atoms with Crippen LogP contribution < -0.4 is 5.32 Å². The van der Waals surface area contributed by atoms with Crippen molar-refractivity contribution in [2.45, 2.75) is 19.9 Å². The lowest BCUT2D eigenvalue weighted by atomic mass is 10.1. The Kier molecular flexibility index (Phi) is 4.33. The van der Waals surface area contributed by atoms with Crippen LogP contribution in [0.1, 0.15) is 23.0 Å². The van der Waals surface area contributed by atoms with Crippen molar-refractivity contribution in [2.75, 3.05) is 5.32 Å². The minimum Gasteiger partial charge on any atom is -0.477 e. The summed E-state index contributed by atoms with van der Waals surface area (Å²) < 4.78 is 1.74. The summed E-state index contributed by atoms with van der Waals surface area (Å²) in [6.45, 7) is 2.43. The summed E-state index contributed by atoms with van der Waals surface area (Å²) in [5.41, 5.74) is 2.26. The topological polar surface area (TPSA) is 71.3 Å². The third kappa shape index (κ3) is 2.88. The summed E-state index contributed by atoms with van der Waals surface area (Å²) >= 11 is 0. The molecule has 5 nitrogen and oxygen atoms in total. The number of para-hydroxylation sites is 2. The maximum Gasteiger partial charge on any atom is 0.352 e. The minimum atomic E-state index is -1.02. The van der Waals surface area contributed by atoms with Crippen molar-refractivity contribution < 1.29 is 14.7 Å². The summed E-state index contributed by atoms with van der Waals surface area (Å²) in [5, 5.41) is 13.2. The zero-order valence-electron chi connectivity index (χ0n) is 13.3. The predicted molar refractivity (Wildman–Crippen MR) is 93.3 cm³/mol. The van der Waals surface area contributed by atoms with Gasteiger partial charge < -0.3 is 15.0 Å². The maximum absolute atomic E-state index is 12.4. The Hall–Kier alpha value is -3.08. The van der Waals surface area contributed by atoms with Crippen LogP contribution in [0.5, 0.6) is 0 Å². The van der Waals surface area contributed by atoms with Gasteiger partial charge in [0.05, 0.1) is 6.42 Å². The number of aromatic carboxylic acids is 1. The molecule has 0 spiro atoms. The molecule has 24 heavy (non-hydrogen) atoms. The highest BCUT2D eigenvalue weighted by molar-refractivity contribution is 6.02. The van der Waals surface area contributed by atoms with Crippen LogP contribution in [0.2, 0.25) is 0 Å². The largest absolute Gasteiger partial charge is 0.477 e. The monoisotopic (exact) mass is 322 g/mol. The van der Waals surface area contributed by atoms with E-state index in [1.165, 1.54) is 0 Å². The number of carboxylic acids is 1. The van der Waals surface area contributed by atoms with E-state index in [9.17, 15) is 14.7 Å². The van der Waals surface area contributed by atoms with Gasteiger partial charge in [-0.15, -0.1) is 0 Å². The van der Waals surface area contributed by atoms with Crippen LogP contribution >= 0.6 is 0 Å². The Morgan fingerprint density at radius 2 is 1.71 bits per heavy atom. The van der Waals surface area contributed by atoms with Crippen LogP contribution in [0.25, 0.3) is 10.9 Å². The molecular weight excluding hydrogens is 304 g/mol. The first-order valence-corrected chi connectivity index (χ1v) is 7.80. The van der Waals surface area contributed by atoms with Crippen LogP contribution in [-0.2, 0) is 17.8 Å². The van der Waals surface area contributed by atoms with Gasteiger partial charge in [0.1, 0.15) is 5.69 Å². The molecule has 1 heterocycles. The zero-order chi connectivity index (χ0) is 17.1. The van der Waals surface area contributed by atoms with E-state index in [0.29, 0.717) is 17.8 Å². The number of aromatic nitrogens is 1. The van der Waals surface area contributed by atoms with E-state index < -0.39 is 5.97 Å². The van der Waals surface area contributed by atoms with Gasteiger partial charge in [0.2, 0.25) is 5.91 Å². The molecule has 0 atom stereocenters. The summed E-state index contributed by atoms with van der Waals surface area (Å²) in [5.74, 6) is -1.25. The lowest BCUT2D eigenvalue weighted by Gasteiger charge is -2.07.